The lowest BCUT2D eigenvalue weighted by atomic mass is 10.2. The van der Waals surface area contributed by atoms with Crippen LogP contribution in [0, 0.1) is 10.1 Å². The molecule has 0 heterocycles. The number of nitro groups is 1. The monoisotopic (exact) mass is 226 g/mol. The number of aliphatic hydroxyl groups is 2. The van der Waals surface area contributed by atoms with E-state index in [-0.39, 0.29) is 5.69 Å². The van der Waals surface area contributed by atoms with Gasteiger partial charge in [0.1, 0.15) is 6.23 Å². The summed E-state index contributed by atoms with van der Waals surface area (Å²) in [6.45, 7) is 1.80. The maximum absolute atomic E-state index is 10.4. The predicted molar refractivity (Wildman–Crippen MR) is 57.6 cm³/mol. The number of nitrogens with one attached hydrogen (secondary N) is 1. The summed E-state index contributed by atoms with van der Waals surface area (Å²) in [6, 6.07) is 5.98. The number of aliphatic hydroxyl groups excluding tert-OH is 2. The molecule has 3 N–H and O–H groups in total. The van der Waals surface area contributed by atoms with E-state index < -0.39 is 17.3 Å². The molecule has 0 aromatic heterocycles. The molecule has 0 aliphatic heterocycles. The van der Waals surface area contributed by atoms with Gasteiger partial charge >= 0.3 is 0 Å². The van der Waals surface area contributed by atoms with Crippen LogP contribution in [0.2, 0.25) is 0 Å². The minimum absolute atomic E-state index is 0.0276. The summed E-state index contributed by atoms with van der Waals surface area (Å²) in [5.74, 6) is 0. The third kappa shape index (κ3) is 3.58. The topological polar surface area (TPSA) is 95.6 Å². The highest BCUT2D eigenvalue weighted by molar-refractivity contribution is 5.32. The molecule has 6 heteroatoms. The van der Waals surface area contributed by atoms with Gasteiger partial charge in [-0.05, 0) is 12.5 Å². The fourth-order valence-corrected chi connectivity index (χ4v) is 1.13. The lowest BCUT2D eigenvalue weighted by molar-refractivity contribution is -0.384. The van der Waals surface area contributed by atoms with Crippen molar-refractivity contribution in [2.24, 2.45) is 0 Å². The molecule has 0 radical (unpaired) electrons. The number of benzene rings is 1. The van der Waals surface area contributed by atoms with Crippen LogP contribution in [0.3, 0.4) is 0 Å². The van der Waals surface area contributed by atoms with Gasteiger partial charge in [0.05, 0.1) is 11.0 Å². The smallest absolute Gasteiger partial charge is 0.269 e. The largest absolute Gasteiger partial charge is 0.389 e. The van der Waals surface area contributed by atoms with Crippen molar-refractivity contribution in [2.45, 2.75) is 25.8 Å². The predicted octanol–water partition coefficient (Wildman–Crippen LogP) is 0.384. The average Bonchev–Trinajstić information content (AvgIpc) is 2.26. The van der Waals surface area contributed by atoms with Gasteiger partial charge in [-0.3, -0.25) is 15.4 Å². The molecule has 0 saturated heterocycles. The number of non-ortho nitro benzene ring substituents is 1. The van der Waals surface area contributed by atoms with Crippen LogP contribution < -0.4 is 5.32 Å². The van der Waals surface area contributed by atoms with Crippen molar-refractivity contribution >= 4 is 5.69 Å². The van der Waals surface area contributed by atoms with Crippen molar-refractivity contribution in [3.8, 4) is 0 Å². The molecule has 0 aliphatic rings. The lowest BCUT2D eigenvalue weighted by Gasteiger charge is -2.15. The summed E-state index contributed by atoms with van der Waals surface area (Å²) in [7, 11) is 0. The summed E-state index contributed by atoms with van der Waals surface area (Å²) in [4.78, 5) is 9.91. The van der Waals surface area contributed by atoms with Crippen LogP contribution in [0.5, 0.6) is 0 Å². The number of nitro benzene ring substituents is 1. The summed E-state index contributed by atoms with van der Waals surface area (Å²) < 4.78 is 0. The number of hydrogen-bond acceptors (Lipinski definition) is 5. The highest BCUT2D eigenvalue weighted by atomic mass is 16.6. The second-order valence-corrected chi connectivity index (χ2v) is 3.49. The Hall–Kier alpha value is -1.50. The average molecular weight is 226 g/mol. The molecular formula is C10H14N2O4. The van der Waals surface area contributed by atoms with Crippen LogP contribution in [0.4, 0.5) is 5.69 Å². The molecule has 6 nitrogen and oxygen atoms in total. The second kappa shape index (κ2) is 5.55. The minimum Gasteiger partial charge on any atom is -0.389 e. The molecule has 0 aliphatic carbocycles. The Balaban J connectivity index is 2.53. The molecule has 1 aromatic carbocycles. The molecule has 0 saturated carbocycles. The number of hydrogen-bond donors (Lipinski definition) is 3. The van der Waals surface area contributed by atoms with E-state index in [4.69, 9.17) is 5.11 Å². The van der Waals surface area contributed by atoms with Gasteiger partial charge in [0.15, 0.2) is 0 Å². The van der Waals surface area contributed by atoms with Gasteiger partial charge in [0.2, 0.25) is 0 Å². The van der Waals surface area contributed by atoms with Gasteiger partial charge in [0, 0.05) is 18.7 Å². The molecular weight excluding hydrogens is 212 g/mol. The Labute approximate surface area is 92.7 Å². The van der Waals surface area contributed by atoms with Gasteiger partial charge in [-0.1, -0.05) is 12.1 Å². The van der Waals surface area contributed by atoms with E-state index in [0.29, 0.717) is 6.54 Å². The van der Waals surface area contributed by atoms with E-state index in [9.17, 15) is 15.2 Å². The van der Waals surface area contributed by atoms with E-state index in [1.54, 1.807) is 12.1 Å². The summed E-state index contributed by atoms with van der Waals surface area (Å²) in [6.07, 6.45) is -1.87. The fourth-order valence-electron chi connectivity index (χ4n) is 1.13. The van der Waals surface area contributed by atoms with Crippen molar-refractivity contribution in [3.05, 3.63) is 39.9 Å². The molecule has 0 amide bonds. The van der Waals surface area contributed by atoms with Gasteiger partial charge in [0.25, 0.3) is 5.69 Å². The van der Waals surface area contributed by atoms with Gasteiger partial charge in [-0.15, -0.1) is 0 Å². The first-order valence-corrected chi connectivity index (χ1v) is 4.83. The van der Waals surface area contributed by atoms with Crippen LogP contribution in [0.15, 0.2) is 24.3 Å². The summed E-state index contributed by atoms with van der Waals surface area (Å²) in [5, 5.41) is 31.3. The van der Waals surface area contributed by atoms with E-state index in [1.165, 1.54) is 19.1 Å². The van der Waals surface area contributed by atoms with Crippen molar-refractivity contribution in [3.63, 3.8) is 0 Å². The SMILES string of the molecule is C[C@H](O)[C@H](O)NCc1ccc([N+](=O)[O-])cc1. The molecule has 0 spiro atoms. The first kappa shape index (κ1) is 12.6. The van der Waals surface area contributed by atoms with Gasteiger partial charge < -0.3 is 10.2 Å². The van der Waals surface area contributed by atoms with Crippen LogP contribution in [0.25, 0.3) is 0 Å². The molecule has 0 fully saturated rings. The third-order valence-electron chi connectivity index (χ3n) is 2.12. The highest BCUT2D eigenvalue weighted by Gasteiger charge is 2.10. The zero-order chi connectivity index (χ0) is 12.1. The molecule has 1 aromatic rings. The fraction of sp³-hybridized carbons (Fsp3) is 0.400. The van der Waals surface area contributed by atoms with Gasteiger partial charge in [-0.25, -0.2) is 0 Å². The van der Waals surface area contributed by atoms with Crippen molar-refractivity contribution in [1.82, 2.24) is 5.32 Å². The molecule has 88 valence electrons. The number of nitrogens with zero attached hydrogens (tertiary/aromatic N) is 1. The maximum atomic E-state index is 10.4. The Kier molecular flexibility index (Phi) is 4.36. The van der Waals surface area contributed by atoms with E-state index in [1.807, 2.05) is 0 Å². The second-order valence-electron chi connectivity index (χ2n) is 3.49. The highest BCUT2D eigenvalue weighted by Crippen LogP contribution is 2.11. The van der Waals surface area contributed by atoms with Crippen LogP contribution >= 0.6 is 0 Å². The third-order valence-corrected chi connectivity index (χ3v) is 2.12. The van der Waals surface area contributed by atoms with Crippen molar-refractivity contribution in [1.29, 1.82) is 0 Å². The van der Waals surface area contributed by atoms with E-state index in [0.717, 1.165) is 5.56 Å². The molecule has 0 unspecified atom stereocenters. The van der Waals surface area contributed by atoms with Gasteiger partial charge in [-0.2, -0.15) is 0 Å². The standard InChI is InChI=1S/C10H14N2O4/c1-7(13)10(14)11-6-8-2-4-9(5-3-8)12(15)16/h2-5,7,10-11,13-14H,6H2,1H3/t7-,10-/m0/s1. The summed E-state index contributed by atoms with van der Waals surface area (Å²) >= 11 is 0. The van der Waals surface area contributed by atoms with E-state index in [2.05, 4.69) is 5.32 Å². The quantitative estimate of drug-likeness (QED) is 0.383. The first-order chi connectivity index (χ1) is 7.50. The lowest BCUT2D eigenvalue weighted by Crippen LogP contribution is -2.37. The van der Waals surface area contributed by atoms with Crippen molar-refractivity contribution in [2.75, 3.05) is 0 Å². The Morgan fingerprint density at radius 2 is 1.94 bits per heavy atom. The van der Waals surface area contributed by atoms with Crippen LogP contribution in [-0.4, -0.2) is 27.5 Å². The Morgan fingerprint density at radius 1 is 1.38 bits per heavy atom. The zero-order valence-corrected chi connectivity index (χ0v) is 8.83. The normalized spacial score (nSPS) is 14.4. The number of rotatable bonds is 5. The molecule has 16 heavy (non-hydrogen) atoms. The molecule has 1 rings (SSSR count). The summed E-state index contributed by atoms with van der Waals surface area (Å²) in [5.41, 5.74) is 0.824. The molecule has 0 bridgehead atoms. The first-order valence-electron chi connectivity index (χ1n) is 4.83. The zero-order valence-electron chi connectivity index (χ0n) is 8.83. The van der Waals surface area contributed by atoms with Crippen LogP contribution in [-0.2, 0) is 6.54 Å². The van der Waals surface area contributed by atoms with E-state index >= 15 is 0 Å². The molecule has 2 atom stereocenters. The minimum atomic E-state index is -1.00. The maximum Gasteiger partial charge on any atom is 0.269 e. The Morgan fingerprint density at radius 3 is 2.38 bits per heavy atom. The van der Waals surface area contributed by atoms with Crippen molar-refractivity contribution < 1.29 is 15.1 Å². The Bertz CT molecular complexity index is 350. The van der Waals surface area contributed by atoms with Crippen LogP contribution in [0.1, 0.15) is 12.5 Å².